The molecule has 5 heteroatoms. The Kier molecular flexibility index (Phi) is 2.63. The van der Waals surface area contributed by atoms with Crippen molar-refractivity contribution in [3.63, 3.8) is 0 Å². The fourth-order valence-corrected chi connectivity index (χ4v) is 2.38. The van der Waals surface area contributed by atoms with E-state index in [1.54, 1.807) is 12.4 Å². The Morgan fingerprint density at radius 2 is 1.94 bits per heavy atom. The highest BCUT2D eigenvalue weighted by molar-refractivity contribution is 5.36. The number of piperidine rings is 1. The van der Waals surface area contributed by atoms with E-state index >= 15 is 0 Å². The van der Waals surface area contributed by atoms with Gasteiger partial charge in [-0.25, -0.2) is 4.98 Å². The first kappa shape index (κ1) is 10.8. The van der Waals surface area contributed by atoms with E-state index in [0.29, 0.717) is 11.9 Å². The van der Waals surface area contributed by atoms with Gasteiger partial charge in [0, 0.05) is 37.6 Å². The van der Waals surface area contributed by atoms with Crippen molar-refractivity contribution in [1.29, 1.82) is 0 Å². The van der Waals surface area contributed by atoms with Gasteiger partial charge in [0.05, 0.1) is 0 Å². The number of aromatic nitrogens is 2. The molecule has 1 aromatic rings. The summed E-state index contributed by atoms with van der Waals surface area (Å²) in [6.07, 6.45) is 7.67. The maximum atomic E-state index is 12.3. The van der Waals surface area contributed by atoms with E-state index in [1.165, 1.54) is 0 Å². The second-order valence-corrected chi connectivity index (χ2v) is 5.02. The molecule has 0 radical (unpaired) electrons. The standard InChI is InChI=1S/C12H18N4O/c13-9-3-6-15(7-4-9)11-12(17)16(8-5-14-11)10-1-2-10/h5,8-10H,1-4,6-7,13H2. The molecule has 1 saturated heterocycles. The second kappa shape index (κ2) is 4.14. The first-order valence-corrected chi connectivity index (χ1v) is 6.33. The fourth-order valence-electron chi connectivity index (χ4n) is 2.38. The van der Waals surface area contributed by atoms with Crippen LogP contribution in [0.25, 0.3) is 0 Å². The molecule has 2 fully saturated rings. The lowest BCUT2D eigenvalue weighted by Gasteiger charge is -2.30. The van der Waals surface area contributed by atoms with Gasteiger partial charge in [0.2, 0.25) is 0 Å². The number of hydrogen-bond acceptors (Lipinski definition) is 4. The Morgan fingerprint density at radius 1 is 1.24 bits per heavy atom. The smallest absolute Gasteiger partial charge is 0.293 e. The van der Waals surface area contributed by atoms with Crippen molar-refractivity contribution < 1.29 is 0 Å². The summed E-state index contributed by atoms with van der Waals surface area (Å²) in [5.74, 6) is 0.603. The highest BCUT2D eigenvalue weighted by Crippen LogP contribution is 2.33. The molecule has 92 valence electrons. The molecule has 1 saturated carbocycles. The largest absolute Gasteiger partial charge is 0.352 e. The number of hydrogen-bond donors (Lipinski definition) is 1. The van der Waals surface area contributed by atoms with E-state index in [0.717, 1.165) is 38.8 Å². The first-order valence-electron chi connectivity index (χ1n) is 6.33. The van der Waals surface area contributed by atoms with Crippen LogP contribution in [0.15, 0.2) is 17.2 Å². The van der Waals surface area contributed by atoms with Crippen LogP contribution in [0.2, 0.25) is 0 Å². The third-order valence-electron chi connectivity index (χ3n) is 3.63. The third-order valence-corrected chi connectivity index (χ3v) is 3.63. The second-order valence-electron chi connectivity index (χ2n) is 5.02. The SMILES string of the molecule is NC1CCN(c2nccn(C3CC3)c2=O)CC1. The molecule has 0 spiro atoms. The zero-order valence-corrected chi connectivity index (χ0v) is 9.88. The highest BCUT2D eigenvalue weighted by Gasteiger charge is 2.27. The summed E-state index contributed by atoms with van der Waals surface area (Å²) in [7, 11) is 0. The van der Waals surface area contributed by atoms with Crippen LogP contribution in [-0.4, -0.2) is 28.7 Å². The van der Waals surface area contributed by atoms with Gasteiger partial charge in [-0.3, -0.25) is 4.79 Å². The number of nitrogens with zero attached hydrogens (tertiary/aromatic N) is 3. The lowest BCUT2D eigenvalue weighted by atomic mass is 10.1. The molecule has 3 rings (SSSR count). The zero-order chi connectivity index (χ0) is 11.8. The van der Waals surface area contributed by atoms with Crippen molar-refractivity contribution in [1.82, 2.24) is 9.55 Å². The van der Waals surface area contributed by atoms with Crippen LogP contribution in [0.1, 0.15) is 31.7 Å². The Labute approximate surface area is 100 Å². The Balaban J connectivity index is 1.87. The van der Waals surface area contributed by atoms with Crippen molar-refractivity contribution in [2.45, 2.75) is 37.8 Å². The van der Waals surface area contributed by atoms with Crippen LogP contribution < -0.4 is 16.2 Å². The monoisotopic (exact) mass is 234 g/mol. The molecule has 0 bridgehead atoms. The van der Waals surface area contributed by atoms with E-state index in [2.05, 4.69) is 9.88 Å². The molecule has 2 aliphatic rings. The van der Waals surface area contributed by atoms with Crippen molar-refractivity contribution >= 4 is 5.82 Å². The normalized spacial score (nSPS) is 21.8. The summed E-state index contributed by atoms with van der Waals surface area (Å²) in [4.78, 5) is 18.6. The maximum absolute atomic E-state index is 12.3. The number of anilines is 1. The molecule has 2 N–H and O–H groups in total. The Bertz CT molecular complexity index is 458. The summed E-state index contributed by atoms with van der Waals surface area (Å²) in [5.41, 5.74) is 5.93. The average Bonchev–Trinajstić information content (AvgIpc) is 3.15. The van der Waals surface area contributed by atoms with Gasteiger partial charge in [0.1, 0.15) is 0 Å². The summed E-state index contributed by atoms with van der Waals surface area (Å²) >= 11 is 0. The Hall–Kier alpha value is -1.36. The lowest BCUT2D eigenvalue weighted by molar-refractivity contribution is 0.495. The van der Waals surface area contributed by atoms with Gasteiger partial charge < -0.3 is 15.2 Å². The molecule has 0 unspecified atom stereocenters. The van der Waals surface area contributed by atoms with Crippen LogP contribution in [-0.2, 0) is 0 Å². The van der Waals surface area contributed by atoms with E-state index < -0.39 is 0 Å². The molecular weight excluding hydrogens is 216 g/mol. The van der Waals surface area contributed by atoms with Gasteiger partial charge in [0.15, 0.2) is 5.82 Å². The van der Waals surface area contributed by atoms with E-state index in [9.17, 15) is 4.79 Å². The topological polar surface area (TPSA) is 64.2 Å². The summed E-state index contributed by atoms with van der Waals surface area (Å²) in [6, 6.07) is 0.692. The molecular formula is C12H18N4O. The first-order chi connectivity index (χ1) is 8.25. The molecule has 1 aliphatic heterocycles. The predicted molar refractivity (Wildman–Crippen MR) is 66.2 cm³/mol. The molecule has 1 aromatic heterocycles. The minimum Gasteiger partial charge on any atom is -0.352 e. The van der Waals surface area contributed by atoms with Crippen LogP contribution in [0, 0.1) is 0 Å². The van der Waals surface area contributed by atoms with Crippen LogP contribution in [0.3, 0.4) is 0 Å². The van der Waals surface area contributed by atoms with Crippen molar-refractivity contribution in [2.24, 2.45) is 5.73 Å². The van der Waals surface area contributed by atoms with Gasteiger partial charge in [-0.15, -0.1) is 0 Å². The molecule has 2 heterocycles. The van der Waals surface area contributed by atoms with Crippen molar-refractivity contribution in [3.05, 3.63) is 22.7 Å². The molecule has 1 aliphatic carbocycles. The van der Waals surface area contributed by atoms with Gasteiger partial charge >= 0.3 is 0 Å². The summed E-state index contributed by atoms with van der Waals surface area (Å²) in [5, 5.41) is 0. The molecule has 0 amide bonds. The minimum absolute atomic E-state index is 0.0606. The maximum Gasteiger partial charge on any atom is 0.293 e. The van der Waals surface area contributed by atoms with Crippen LogP contribution in [0.4, 0.5) is 5.82 Å². The molecule has 0 atom stereocenters. The quantitative estimate of drug-likeness (QED) is 0.809. The van der Waals surface area contributed by atoms with E-state index in [-0.39, 0.29) is 11.6 Å². The van der Waals surface area contributed by atoms with Gasteiger partial charge in [-0.05, 0) is 25.7 Å². The van der Waals surface area contributed by atoms with E-state index in [1.807, 2.05) is 4.57 Å². The van der Waals surface area contributed by atoms with Crippen molar-refractivity contribution in [2.75, 3.05) is 18.0 Å². The van der Waals surface area contributed by atoms with Crippen molar-refractivity contribution in [3.8, 4) is 0 Å². The average molecular weight is 234 g/mol. The summed E-state index contributed by atoms with van der Waals surface area (Å²) in [6.45, 7) is 1.69. The van der Waals surface area contributed by atoms with Gasteiger partial charge in [-0.1, -0.05) is 0 Å². The van der Waals surface area contributed by atoms with Crippen LogP contribution >= 0.6 is 0 Å². The number of nitrogens with two attached hydrogens (primary N) is 1. The van der Waals surface area contributed by atoms with Crippen LogP contribution in [0.5, 0.6) is 0 Å². The Morgan fingerprint density at radius 3 is 2.59 bits per heavy atom. The predicted octanol–water partition coefficient (Wildman–Crippen LogP) is 0.506. The minimum atomic E-state index is 0.0606. The highest BCUT2D eigenvalue weighted by atomic mass is 16.1. The molecule has 5 nitrogen and oxygen atoms in total. The van der Waals surface area contributed by atoms with Gasteiger partial charge in [-0.2, -0.15) is 0 Å². The molecule has 0 aromatic carbocycles. The lowest BCUT2D eigenvalue weighted by Crippen LogP contribution is -2.43. The fraction of sp³-hybridized carbons (Fsp3) is 0.667. The molecule has 17 heavy (non-hydrogen) atoms. The summed E-state index contributed by atoms with van der Waals surface area (Å²) < 4.78 is 1.83. The number of rotatable bonds is 2. The zero-order valence-electron chi connectivity index (χ0n) is 9.88. The van der Waals surface area contributed by atoms with Gasteiger partial charge in [0.25, 0.3) is 5.56 Å². The van der Waals surface area contributed by atoms with E-state index in [4.69, 9.17) is 5.73 Å². The third kappa shape index (κ3) is 2.07.